The molecule has 17 heavy (non-hydrogen) atoms. The Morgan fingerprint density at radius 2 is 2.12 bits per heavy atom. The third-order valence-electron chi connectivity index (χ3n) is 2.71. The van der Waals surface area contributed by atoms with Crippen molar-refractivity contribution in [2.24, 2.45) is 5.84 Å². The normalized spacial score (nSPS) is 10.8. The highest BCUT2D eigenvalue weighted by Crippen LogP contribution is 2.28. The molecule has 0 aliphatic carbocycles. The van der Waals surface area contributed by atoms with Crippen molar-refractivity contribution in [1.82, 2.24) is 9.97 Å². The third kappa shape index (κ3) is 2.25. The highest BCUT2D eigenvalue weighted by atomic mass is 79.9. The van der Waals surface area contributed by atoms with Gasteiger partial charge < -0.3 is 5.43 Å². The SMILES string of the molecule is CCCc1nc(NN)c2ccc(Br)c(C)c2n1. The van der Waals surface area contributed by atoms with Gasteiger partial charge in [-0.3, -0.25) is 0 Å². The highest BCUT2D eigenvalue weighted by molar-refractivity contribution is 9.10. The number of hydrazine groups is 1. The zero-order valence-electron chi connectivity index (χ0n) is 9.92. The molecule has 1 aromatic heterocycles. The number of anilines is 1. The van der Waals surface area contributed by atoms with Crippen molar-refractivity contribution in [2.45, 2.75) is 26.7 Å². The smallest absolute Gasteiger partial charge is 0.151 e. The number of nitrogens with one attached hydrogen (secondary N) is 1. The van der Waals surface area contributed by atoms with Gasteiger partial charge in [0.15, 0.2) is 5.82 Å². The molecule has 0 atom stereocenters. The van der Waals surface area contributed by atoms with Crippen molar-refractivity contribution in [2.75, 3.05) is 5.43 Å². The van der Waals surface area contributed by atoms with Gasteiger partial charge in [0, 0.05) is 16.3 Å². The van der Waals surface area contributed by atoms with Crippen LogP contribution in [0.1, 0.15) is 24.7 Å². The lowest BCUT2D eigenvalue weighted by Crippen LogP contribution is -2.11. The second-order valence-corrected chi connectivity index (χ2v) is 4.81. The minimum atomic E-state index is 0.689. The number of nitrogen functional groups attached to an aromatic ring is 1. The number of hydrogen-bond acceptors (Lipinski definition) is 4. The lowest BCUT2D eigenvalue weighted by Gasteiger charge is -2.10. The van der Waals surface area contributed by atoms with Gasteiger partial charge in [0.25, 0.3) is 0 Å². The van der Waals surface area contributed by atoms with E-state index in [-0.39, 0.29) is 0 Å². The van der Waals surface area contributed by atoms with Crippen LogP contribution in [0.4, 0.5) is 5.82 Å². The van der Waals surface area contributed by atoms with E-state index < -0.39 is 0 Å². The van der Waals surface area contributed by atoms with Gasteiger partial charge in [-0.2, -0.15) is 0 Å². The Kier molecular flexibility index (Phi) is 3.59. The Bertz CT molecular complexity index is 554. The predicted molar refractivity (Wildman–Crippen MR) is 73.8 cm³/mol. The summed E-state index contributed by atoms with van der Waals surface area (Å²) >= 11 is 3.51. The van der Waals surface area contributed by atoms with Crippen LogP contribution in [0.5, 0.6) is 0 Å². The van der Waals surface area contributed by atoms with Crippen LogP contribution in [-0.2, 0) is 6.42 Å². The Hall–Kier alpha value is -1.20. The average Bonchev–Trinajstić information content (AvgIpc) is 2.34. The monoisotopic (exact) mass is 294 g/mol. The van der Waals surface area contributed by atoms with Gasteiger partial charge >= 0.3 is 0 Å². The number of benzene rings is 1. The third-order valence-corrected chi connectivity index (χ3v) is 3.57. The number of aryl methyl sites for hydroxylation is 2. The van der Waals surface area contributed by atoms with Crippen LogP contribution >= 0.6 is 15.9 Å². The molecule has 0 aliphatic rings. The van der Waals surface area contributed by atoms with E-state index in [2.05, 4.69) is 38.2 Å². The average molecular weight is 295 g/mol. The molecule has 2 aromatic rings. The van der Waals surface area contributed by atoms with E-state index in [0.29, 0.717) is 5.82 Å². The molecule has 0 spiro atoms. The van der Waals surface area contributed by atoms with Crippen molar-refractivity contribution < 1.29 is 0 Å². The van der Waals surface area contributed by atoms with Crippen molar-refractivity contribution in [3.05, 3.63) is 28.0 Å². The molecule has 2 rings (SSSR count). The van der Waals surface area contributed by atoms with Crippen molar-refractivity contribution >= 4 is 32.7 Å². The summed E-state index contributed by atoms with van der Waals surface area (Å²) in [7, 11) is 0. The summed E-state index contributed by atoms with van der Waals surface area (Å²) in [5.41, 5.74) is 4.71. The van der Waals surface area contributed by atoms with E-state index >= 15 is 0 Å². The second-order valence-electron chi connectivity index (χ2n) is 3.95. The molecule has 3 N–H and O–H groups in total. The summed E-state index contributed by atoms with van der Waals surface area (Å²) in [5.74, 6) is 7.03. The van der Waals surface area contributed by atoms with Crippen LogP contribution in [0.3, 0.4) is 0 Å². The van der Waals surface area contributed by atoms with E-state index in [1.165, 1.54) is 0 Å². The summed E-state index contributed by atoms with van der Waals surface area (Å²) in [6.45, 7) is 4.15. The summed E-state index contributed by atoms with van der Waals surface area (Å²) < 4.78 is 1.05. The van der Waals surface area contributed by atoms with Crippen LogP contribution < -0.4 is 11.3 Å². The van der Waals surface area contributed by atoms with E-state index in [1.54, 1.807) is 0 Å². The molecule has 1 heterocycles. The molecule has 0 saturated carbocycles. The standard InChI is InChI=1S/C12H15BrN4/c1-3-4-10-15-11-7(2)9(13)6-5-8(11)12(16-10)17-14/h5-6H,3-4,14H2,1-2H3,(H,15,16,17). The van der Waals surface area contributed by atoms with E-state index in [1.807, 2.05) is 19.1 Å². The molecular formula is C12H15BrN4. The minimum absolute atomic E-state index is 0.689. The number of halogens is 1. The molecule has 0 unspecified atom stereocenters. The number of nitrogens with zero attached hydrogens (tertiary/aromatic N) is 2. The summed E-state index contributed by atoms with van der Waals surface area (Å²) in [6, 6.07) is 3.96. The van der Waals surface area contributed by atoms with E-state index in [9.17, 15) is 0 Å². The molecule has 0 amide bonds. The zero-order chi connectivity index (χ0) is 12.4. The van der Waals surface area contributed by atoms with Crippen LogP contribution in [0.2, 0.25) is 0 Å². The first-order valence-electron chi connectivity index (χ1n) is 5.59. The molecular weight excluding hydrogens is 280 g/mol. The lowest BCUT2D eigenvalue weighted by atomic mass is 10.1. The van der Waals surface area contributed by atoms with Crippen LogP contribution in [0.25, 0.3) is 10.9 Å². The minimum Gasteiger partial charge on any atom is -0.308 e. The van der Waals surface area contributed by atoms with Gasteiger partial charge in [0.1, 0.15) is 5.82 Å². The van der Waals surface area contributed by atoms with Crippen molar-refractivity contribution in [3.63, 3.8) is 0 Å². The largest absolute Gasteiger partial charge is 0.308 e. The maximum absolute atomic E-state index is 5.52. The lowest BCUT2D eigenvalue weighted by molar-refractivity contribution is 0.844. The van der Waals surface area contributed by atoms with Crippen LogP contribution in [-0.4, -0.2) is 9.97 Å². The number of fused-ring (bicyclic) bond motifs is 1. The highest BCUT2D eigenvalue weighted by Gasteiger charge is 2.10. The molecule has 0 saturated heterocycles. The molecule has 0 aliphatic heterocycles. The predicted octanol–water partition coefficient (Wildman–Crippen LogP) is 2.94. The van der Waals surface area contributed by atoms with Gasteiger partial charge in [-0.05, 0) is 31.0 Å². The Labute approximate surface area is 109 Å². The first kappa shape index (κ1) is 12.3. The molecule has 5 heteroatoms. The molecule has 0 bridgehead atoms. The first-order chi connectivity index (χ1) is 8.17. The number of aromatic nitrogens is 2. The number of rotatable bonds is 3. The quantitative estimate of drug-likeness (QED) is 0.675. The van der Waals surface area contributed by atoms with Gasteiger partial charge in [-0.15, -0.1) is 0 Å². The van der Waals surface area contributed by atoms with Crippen LogP contribution in [0, 0.1) is 6.92 Å². The van der Waals surface area contributed by atoms with Gasteiger partial charge in [0.2, 0.25) is 0 Å². The summed E-state index contributed by atoms with van der Waals surface area (Å²) in [6.07, 6.45) is 1.87. The Morgan fingerprint density at radius 1 is 1.35 bits per heavy atom. The second kappa shape index (κ2) is 4.98. The van der Waals surface area contributed by atoms with E-state index in [4.69, 9.17) is 5.84 Å². The van der Waals surface area contributed by atoms with Crippen LogP contribution in [0.15, 0.2) is 16.6 Å². The first-order valence-corrected chi connectivity index (χ1v) is 6.39. The summed E-state index contributed by atoms with van der Waals surface area (Å²) in [5, 5.41) is 0.952. The van der Waals surface area contributed by atoms with Gasteiger partial charge in [0.05, 0.1) is 5.52 Å². The molecule has 0 radical (unpaired) electrons. The zero-order valence-corrected chi connectivity index (χ0v) is 11.5. The fraction of sp³-hybridized carbons (Fsp3) is 0.333. The fourth-order valence-electron chi connectivity index (χ4n) is 1.80. The van der Waals surface area contributed by atoms with Crippen molar-refractivity contribution in [3.8, 4) is 0 Å². The molecule has 1 aromatic carbocycles. The molecule has 0 fully saturated rings. The molecule has 4 nitrogen and oxygen atoms in total. The number of hydrogen-bond donors (Lipinski definition) is 2. The van der Waals surface area contributed by atoms with Crippen molar-refractivity contribution in [1.29, 1.82) is 0 Å². The molecule has 90 valence electrons. The Morgan fingerprint density at radius 3 is 2.76 bits per heavy atom. The topological polar surface area (TPSA) is 63.8 Å². The summed E-state index contributed by atoms with van der Waals surface area (Å²) in [4.78, 5) is 9.01. The Balaban J connectivity index is 2.73. The van der Waals surface area contributed by atoms with Gasteiger partial charge in [-0.1, -0.05) is 22.9 Å². The van der Waals surface area contributed by atoms with Gasteiger partial charge in [-0.25, -0.2) is 15.8 Å². The fourth-order valence-corrected chi connectivity index (χ4v) is 2.12. The maximum Gasteiger partial charge on any atom is 0.151 e. The van der Waals surface area contributed by atoms with E-state index in [0.717, 1.165) is 39.6 Å². The number of nitrogens with two attached hydrogens (primary N) is 1. The maximum atomic E-state index is 5.52.